The van der Waals surface area contributed by atoms with Crippen LogP contribution in [0.2, 0.25) is 0 Å². The van der Waals surface area contributed by atoms with Gasteiger partial charge >= 0.3 is 0 Å². The van der Waals surface area contributed by atoms with E-state index in [1.807, 2.05) is 66.4 Å². The summed E-state index contributed by atoms with van der Waals surface area (Å²) in [7, 11) is 0. The average Bonchev–Trinajstić information content (AvgIpc) is 2.75. The molecule has 4 nitrogen and oxygen atoms in total. The molecular formula is C24H29NO3. The van der Waals surface area contributed by atoms with Gasteiger partial charge in [-0.05, 0) is 56.0 Å². The van der Waals surface area contributed by atoms with Gasteiger partial charge in [0.25, 0.3) is 5.91 Å². The van der Waals surface area contributed by atoms with Gasteiger partial charge in [0.1, 0.15) is 5.75 Å². The van der Waals surface area contributed by atoms with Crippen LogP contribution in [0.4, 0.5) is 0 Å². The van der Waals surface area contributed by atoms with Crippen molar-refractivity contribution in [3.05, 3.63) is 65.7 Å². The number of ether oxygens (including phenoxy) is 1. The van der Waals surface area contributed by atoms with Crippen molar-refractivity contribution >= 4 is 5.91 Å². The lowest BCUT2D eigenvalue weighted by molar-refractivity contribution is -0.110. The zero-order valence-corrected chi connectivity index (χ0v) is 16.5. The zero-order valence-electron chi connectivity index (χ0n) is 16.5. The number of likely N-dealkylation sites (tertiary alicyclic amines) is 1. The lowest BCUT2D eigenvalue weighted by Crippen LogP contribution is -2.58. The Morgan fingerprint density at radius 1 is 1.11 bits per heavy atom. The summed E-state index contributed by atoms with van der Waals surface area (Å²) in [6.07, 6.45) is 4.70. The highest BCUT2D eigenvalue weighted by Gasteiger charge is 2.50. The average molecular weight is 380 g/mol. The molecular weight excluding hydrogens is 350 g/mol. The number of nitrogens with zero attached hydrogens (tertiary/aromatic N) is 1. The summed E-state index contributed by atoms with van der Waals surface area (Å²) in [6, 6.07) is 17.5. The van der Waals surface area contributed by atoms with E-state index in [1.54, 1.807) is 0 Å². The van der Waals surface area contributed by atoms with Gasteiger partial charge in [-0.1, -0.05) is 43.2 Å². The molecule has 1 aliphatic heterocycles. The summed E-state index contributed by atoms with van der Waals surface area (Å²) < 4.78 is 5.55. The Hall–Kier alpha value is -2.33. The van der Waals surface area contributed by atoms with Gasteiger partial charge in [0, 0.05) is 24.1 Å². The van der Waals surface area contributed by atoms with E-state index in [4.69, 9.17) is 4.74 Å². The number of hydrogen-bond acceptors (Lipinski definition) is 3. The Bertz CT molecular complexity index is 804. The minimum Gasteiger partial charge on any atom is -0.494 e. The Kier molecular flexibility index (Phi) is 5.40. The van der Waals surface area contributed by atoms with Gasteiger partial charge in [0.15, 0.2) is 0 Å². The van der Waals surface area contributed by atoms with Crippen LogP contribution in [-0.2, 0) is 5.60 Å². The predicted molar refractivity (Wildman–Crippen MR) is 109 cm³/mol. The normalized spacial score (nSPS) is 27.1. The minimum atomic E-state index is -0.886. The predicted octanol–water partition coefficient (Wildman–Crippen LogP) is 4.38. The van der Waals surface area contributed by atoms with Gasteiger partial charge in [-0.3, -0.25) is 4.79 Å². The highest BCUT2D eigenvalue weighted by molar-refractivity contribution is 5.94. The van der Waals surface area contributed by atoms with E-state index in [1.165, 1.54) is 0 Å². The van der Waals surface area contributed by atoms with Gasteiger partial charge in [0.2, 0.25) is 0 Å². The number of fused-ring (bicyclic) bond motifs is 1. The summed E-state index contributed by atoms with van der Waals surface area (Å²) in [5.41, 5.74) is 0.793. The first-order valence-electron chi connectivity index (χ1n) is 10.4. The van der Waals surface area contributed by atoms with Crippen LogP contribution in [0.15, 0.2) is 54.6 Å². The molecule has 4 heteroatoms. The van der Waals surface area contributed by atoms with Crippen LogP contribution >= 0.6 is 0 Å². The summed E-state index contributed by atoms with van der Waals surface area (Å²) in [5, 5.41) is 11.7. The van der Waals surface area contributed by atoms with Crippen molar-refractivity contribution in [3.63, 3.8) is 0 Å². The Labute approximate surface area is 167 Å². The maximum absolute atomic E-state index is 13.1. The molecule has 4 rings (SSSR count). The highest BCUT2D eigenvalue weighted by atomic mass is 16.5. The third-order valence-electron chi connectivity index (χ3n) is 6.42. The number of aliphatic hydroxyl groups is 1. The number of amides is 1. The van der Waals surface area contributed by atoms with Crippen LogP contribution in [-0.4, -0.2) is 35.1 Å². The van der Waals surface area contributed by atoms with Gasteiger partial charge in [-0.25, -0.2) is 0 Å². The molecule has 0 spiro atoms. The van der Waals surface area contributed by atoms with Crippen molar-refractivity contribution in [1.29, 1.82) is 0 Å². The van der Waals surface area contributed by atoms with E-state index in [9.17, 15) is 9.90 Å². The fourth-order valence-electron chi connectivity index (χ4n) is 5.05. The van der Waals surface area contributed by atoms with Crippen molar-refractivity contribution in [3.8, 4) is 5.75 Å². The van der Waals surface area contributed by atoms with E-state index in [0.717, 1.165) is 42.6 Å². The molecule has 2 aromatic rings. The van der Waals surface area contributed by atoms with E-state index < -0.39 is 5.60 Å². The number of hydrogen-bond donors (Lipinski definition) is 1. The number of piperidine rings is 1. The third kappa shape index (κ3) is 3.42. The molecule has 1 saturated carbocycles. The second-order valence-corrected chi connectivity index (χ2v) is 7.95. The second kappa shape index (κ2) is 7.96. The Morgan fingerprint density at radius 3 is 2.54 bits per heavy atom. The molecule has 0 radical (unpaired) electrons. The van der Waals surface area contributed by atoms with Crippen molar-refractivity contribution in [1.82, 2.24) is 4.90 Å². The largest absolute Gasteiger partial charge is 0.494 e. The zero-order chi connectivity index (χ0) is 19.6. The maximum atomic E-state index is 13.1. The standard InChI is InChI=1S/C24H29NO3/c1-2-28-20-14-12-19(13-15-20)24(27)16-17-25(22-11-7-6-10-21(22)24)23(26)18-8-4-3-5-9-18/h3-5,8-9,12-15,21-22,27H,2,6-7,10-11,16-17H2,1H3/t21-,22-,24?/m0/s1. The SMILES string of the molecule is CCOc1ccc(C2(O)CCN(C(=O)c3ccccc3)[C@H]3CCCC[C@@H]32)cc1. The third-order valence-corrected chi connectivity index (χ3v) is 6.42. The number of carbonyl (C=O) groups is 1. The lowest BCUT2D eigenvalue weighted by Gasteiger charge is -2.52. The Balaban J connectivity index is 1.61. The van der Waals surface area contributed by atoms with Gasteiger partial charge < -0.3 is 14.7 Å². The molecule has 0 aromatic heterocycles. The Morgan fingerprint density at radius 2 is 1.82 bits per heavy atom. The smallest absolute Gasteiger partial charge is 0.254 e. The molecule has 28 heavy (non-hydrogen) atoms. The fraction of sp³-hybridized carbons (Fsp3) is 0.458. The molecule has 3 atom stereocenters. The number of rotatable bonds is 4. The topological polar surface area (TPSA) is 49.8 Å². The lowest BCUT2D eigenvalue weighted by atomic mass is 9.66. The molecule has 2 aromatic carbocycles. The highest BCUT2D eigenvalue weighted by Crippen LogP contribution is 2.47. The molecule has 1 amide bonds. The summed E-state index contributed by atoms with van der Waals surface area (Å²) in [4.78, 5) is 15.2. The second-order valence-electron chi connectivity index (χ2n) is 7.95. The van der Waals surface area contributed by atoms with Gasteiger partial charge in [0.05, 0.1) is 12.2 Å². The van der Waals surface area contributed by atoms with Crippen LogP contribution in [0.25, 0.3) is 0 Å². The van der Waals surface area contributed by atoms with Crippen molar-refractivity contribution < 1.29 is 14.6 Å². The van der Waals surface area contributed by atoms with Crippen LogP contribution in [0.1, 0.15) is 54.9 Å². The molecule has 0 bridgehead atoms. The van der Waals surface area contributed by atoms with Crippen LogP contribution < -0.4 is 4.74 Å². The van der Waals surface area contributed by atoms with E-state index in [0.29, 0.717) is 19.6 Å². The van der Waals surface area contributed by atoms with Crippen molar-refractivity contribution in [2.24, 2.45) is 5.92 Å². The van der Waals surface area contributed by atoms with Crippen molar-refractivity contribution in [2.75, 3.05) is 13.2 Å². The minimum absolute atomic E-state index is 0.0700. The van der Waals surface area contributed by atoms with E-state index >= 15 is 0 Å². The molecule has 2 fully saturated rings. The summed E-state index contributed by atoms with van der Waals surface area (Å²) in [5.74, 6) is 0.985. The summed E-state index contributed by atoms with van der Waals surface area (Å²) >= 11 is 0. The van der Waals surface area contributed by atoms with Crippen LogP contribution in [0.3, 0.4) is 0 Å². The summed E-state index contributed by atoms with van der Waals surface area (Å²) in [6.45, 7) is 3.18. The first-order valence-corrected chi connectivity index (χ1v) is 10.4. The molecule has 2 aliphatic rings. The van der Waals surface area contributed by atoms with Gasteiger partial charge in [-0.15, -0.1) is 0 Å². The molecule has 1 heterocycles. The van der Waals surface area contributed by atoms with Crippen LogP contribution in [0, 0.1) is 5.92 Å². The quantitative estimate of drug-likeness (QED) is 0.858. The van der Waals surface area contributed by atoms with Gasteiger partial charge in [-0.2, -0.15) is 0 Å². The monoisotopic (exact) mass is 379 g/mol. The fourth-order valence-corrected chi connectivity index (χ4v) is 5.05. The van der Waals surface area contributed by atoms with E-state index in [2.05, 4.69) is 0 Å². The first kappa shape index (κ1) is 19.0. The maximum Gasteiger partial charge on any atom is 0.254 e. The van der Waals surface area contributed by atoms with Crippen LogP contribution in [0.5, 0.6) is 5.75 Å². The number of benzene rings is 2. The van der Waals surface area contributed by atoms with Crippen molar-refractivity contribution in [2.45, 2.75) is 50.7 Å². The molecule has 148 valence electrons. The molecule has 1 aliphatic carbocycles. The molecule has 1 unspecified atom stereocenters. The number of carbonyl (C=O) groups excluding carboxylic acids is 1. The van der Waals surface area contributed by atoms with E-state index in [-0.39, 0.29) is 17.9 Å². The first-order chi connectivity index (χ1) is 13.6. The molecule has 1 N–H and O–H groups in total. The molecule has 1 saturated heterocycles.